The van der Waals surface area contributed by atoms with Crippen molar-refractivity contribution in [3.63, 3.8) is 0 Å². The SMILES string of the molecule is CCc1cc(=O)oc2cc(OCC(=O)c3c(C)n(C)c4ccc(OC)cc34)ccc12. The largest absolute Gasteiger partial charge is 0.497 e. The van der Waals surface area contributed by atoms with E-state index >= 15 is 0 Å². The Morgan fingerprint density at radius 1 is 1.07 bits per heavy atom. The standard InChI is InChI=1S/C24H23NO5/c1-5-15-10-23(27)30-22-12-17(6-8-18(15)22)29-13-21(26)24-14(2)25(3)20-9-7-16(28-4)11-19(20)24/h6-12H,5,13H2,1-4H3. The molecule has 0 unspecified atom stereocenters. The van der Waals surface area contributed by atoms with Crippen molar-refractivity contribution in [3.05, 3.63) is 69.7 Å². The molecule has 0 radical (unpaired) electrons. The van der Waals surface area contributed by atoms with E-state index in [1.54, 1.807) is 19.2 Å². The Kier molecular flexibility index (Phi) is 5.08. The molecule has 2 aromatic carbocycles. The Balaban J connectivity index is 1.64. The van der Waals surface area contributed by atoms with E-state index in [2.05, 4.69) is 0 Å². The second-order valence-electron chi connectivity index (χ2n) is 7.22. The molecule has 4 aromatic rings. The molecule has 0 aliphatic carbocycles. The van der Waals surface area contributed by atoms with Gasteiger partial charge in [-0.05, 0) is 49.2 Å². The summed E-state index contributed by atoms with van der Waals surface area (Å²) in [7, 11) is 3.53. The molecule has 2 heterocycles. The summed E-state index contributed by atoms with van der Waals surface area (Å²) in [5.41, 5.74) is 3.42. The second-order valence-corrected chi connectivity index (χ2v) is 7.22. The maximum Gasteiger partial charge on any atom is 0.336 e. The van der Waals surface area contributed by atoms with E-state index in [0.717, 1.165) is 34.0 Å². The Hall–Kier alpha value is -3.54. The third kappa shape index (κ3) is 3.34. The number of Topliss-reactive ketones (excluding diaryl/α,β-unsaturated/α-hetero) is 1. The number of benzene rings is 2. The molecule has 0 amide bonds. The molecular weight excluding hydrogens is 382 g/mol. The van der Waals surface area contributed by atoms with Gasteiger partial charge in [0.1, 0.15) is 17.1 Å². The van der Waals surface area contributed by atoms with Gasteiger partial charge < -0.3 is 18.5 Å². The van der Waals surface area contributed by atoms with E-state index in [1.807, 2.05) is 49.7 Å². The summed E-state index contributed by atoms with van der Waals surface area (Å²) < 4.78 is 18.4. The van der Waals surface area contributed by atoms with Gasteiger partial charge in [0, 0.05) is 46.7 Å². The molecule has 154 valence electrons. The van der Waals surface area contributed by atoms with E-state index in [-0.39, 0.29) is 12.4 Å². The summed E-state index contributed by atoms with van der Waals surface area (Å²) in [6, 6.07) is 12.5. The molecule has 2 aromatic heterocycles. The van der Waals surface area contributed by atoms with Crippen LogP contribution in [0, 0.1) is 6.92 Å². The zero-order valence-corrected chi connectivity index (χ0v) is 17.4. The predicted octanol–water partition coefficient (Wildman–Crippen LogP) is 4.43. The highest BCUT2D eigenvalue weighted by atomic mass is 16.5. The zero-order valence-electron chi connectivity index (χ0n) is 17.4. The van der Waals surface area contributed by atoms with E-state index < -0.39 is 5.63 Å². The first-order valence-corrected chi connectivity index (χ1v) is 9.78. The first-order valence-electron chi connectivity index (χ1n) is 9.78. The minimum Gasteiger partial charge on any atom is -0.497 e. The Bertz CT molecular complexity index is 1330. The molecular formula is C24H23NO5. The number of fused-ring (bicyclic) bond motifs is 2. The molecule has 0 saturated heterocycles. The molecule has 6 heteroatoms. The minimum atomic E-state index is -0.395. The van der Waals surface area contributed by atoms with Gasteiger partial charge >= 0.3 is 5.63 Å². The van der Waals surface area contributed by atoms with Gasteiger partial charge in [-0.2, -0.15) is 0 Å². The fourth-order valence-corrected chi connectivity index (χ4v) is 3.84. The second kappa shape index (κ2) is 7.71. The predicted molar refractivity (Wildman–Crippen MR) is 116 cm³/mol. The number of rotatable bonds is 6. The highest BCUT2D eigenvalue weighted by Gasteiger charge is 2.20. The van der Waals surface area contributed by atoms with Crippen molar-refractivity contribution in [3.8, 4) is 11.5 Å². The first kappa shape index (κ1) is 19.8. The molecule has 0 atom stereocenters. The smallest absolute Gasteiger partial charge is 0.336 e. The van der Waals surface area contributed by atoms with Crippen molar-refractivity contribution < 1.29 is 18.7 Å². The Morgan fingerprint density at radius 2 is 1.83 bits per heavy atom. The molecule has 0 aliphatic rings. The lowest BCUT2D eigenvalue weighted by Gasteiger charge is -2.08. The maximum absolute atomic E-state index is 13.0. The van der Waals surface area contributed by atoms with Crippen molar-refractivity contribution in [2.45, 2.75) is 20.3 Å². The average molecular weight is 405 g/mol. The summed E-state index contributed by atoms with van der Waals surface area (Å²) in [5.74, 6) is 1.04. The van der Waals surface area contributed by atoms with Crippen molar-refractivity contribution in [1.29, 1.82) is 0 Å². The number of carbonyl (C=O) groups is 1. The summed E-state index contributed by atoms with van der Waals surface area (Å²) in [5, 5.41) is 1.70. The molecule has 0 bridgehead atoms. The number of aromatic nitrogens is 1. The number of ether oxygens (including phenoxy) is 2. The molecule has 30 heavy (non-hydrogen) atoms. The molecule has 0 spiro atoms. The van der Waals surface area contributed by atoms with Gasteiger partial charge in [0.25, 0.3) is 0 Å². The Labute approximate surface area is 173 Å². The molecule has 4 rings (SSSR count). The van der Waals surface area contributed by atoms with Gasteiger partial charge in [0.05, 0.1) is 7.11 Å². The maximum atomic E-state index is 13.0. The molecule has 0 fully saturated rings. The van der Waals surface area contributed by atoms with Gasteiger partial charge in [-0.3, -0.25) is 4.79 Å². The van der Waals surface area contributed by atoms with Gasteiger partial charge in [-0.15, -0.1) is 0 Å². The molecule has 0 saturated carbocycles. The van der Waals surface area contributed by atoms with Crippen LogP contribution in [-0.4, -0.2) is 24.1 Å². The molecule has 0 N–H and O–H groups in total. The van der Waals surface area contributed by atoms with Crippen LogP contribution in [0.25, 0.3) is 21.9 Å². The van der Waals surface area contributed by atoms with Crippen LogP contribution >= 0.6 is 0 Å². The van der Waals surface area contributed by atoms with Crippen LogP contribution in [0.1, 0.15) is 28.5 Å². The average Bonchev–Trinajstić information content (AvgIpc) is 3.00. The zero-order chi connectivity index (χ0) is 21.4. The van der Waals surface area contributed by atoms with Gasteiger partial charge in [0.2, 0.25) is 5.78 Å². The minimum absolute atomic E-state index is 0.125. The lowest BCUT2D eigenvalue weighted by Crippen LogP contribution is -2.13. The van der Waals surface area contributed by atoms with E-state index in [9.17, 15) is 9.59 Å². The fourth-order valence-electron chi connectivity index (χ4n) is 3.84. The summed E-state index contributed by atoms with van der Waals surface area (Å²) >= 11 is 0. The van der Waals surface area contributed by atoms with Crippen LogP contribution in [0.2, 0.25) is 0 Å². The van der Waals surface area contributed by atoms with Crippen LogP contribution in [0.3, 0.4) is 0 Å². The van der Waals surface area contributed by atoms with E-state index in [4.69, 9.17) is 13.9 Å². The topological polar surface area (TPSA) is 70.7 Å². The lowest BCUT2D eigenvalue weighted by molar-refractivity contribution is 0.0922. The third-order valence-corrected chi connectivity index (χ3v) is 5.53. The number of methoxy groups -OCH3 is 1. The van der Waals surface area contributed by atoms with Crippen LogP contribution in [0.15, 0.2) is 51.7 Å². The number of hydrogen-bond acceptors (Lipinski definition) is 5. The third-order valence-electron chi connectivity index (χ3n) is 5.53. The van der Waals surface area contributed by atoms with Crippen molar-refractivity contribution in [2.24, 2.45) is 7.05 Å². The number of nitrogens with zero attached hydrogens (tertiary/aromatic N) is 1. The van der Waals surface area contributed by atoms with Crippen molar-refractivity contribution in [2.75, 3.05) is 13.7 Å². The number of hydrogen-bond donors (Lipinski definition) is 0. The van der Waals surface area contributed by atoms with Gasteiger partial charge in [-0.25, -0.2) is 4.79 Å². The normalized spacial score (nSPS) is 11.2. The van der Waals surface area contributed by atoms with Crippen LogP contribution < -0.4 is 15.1 Å². The fraction of sp³-hybridized carbons (Fsp3) is 0.250. The van der Waals surface area contributed by atoms with Crippen LogP contribution in [0.5, 0.6) is 11.5 Å². The number of ketones is 1. The van der Waals surface area contributed by atoms with Crippen LogP contribution in [0.4, 0.5) is 0 Å². The monoisotopic (exact) mass is 405 g/mol. The van der Waals surface area contributed by atoms with Crippen LogP contribution in [-0.2, 0) is 13.5 Å². The lowest BCUT2D eigenvalue weighted by atomic mass is 10.1. The molecule has 6 nitrogen and oxygen atoms in total. The quantitative estimate of drug-likeness (QED) is 0.351. The summed E-state index contributed by atoms with van der Waals surface area (Å²) in [6.07, 6.45) is 0.727. The molecule has 0 aliphatic heterocycles. The van der Waals surface area contributed by atoms with Crippen molar-refractivity contribution >= 4 is 27.7 Å². The first-order chi connectivity index (χ1) is 14.4. The summed E-state index contributed by atoms with van der Waals surface area (Å²) in [4.78, 5) is 24.8. The highest BCUT2D eigenvalue weighted by Crippen LogP contribution is 2.29. The number of carbonyl (C=O) groups excluding carboxylic acids is 1. The Morgan fingerprint density at radius 3 is 2.57 bits per heavy atom. The number of aryl methyl sites for hydroxylation is 2. The van der Waals surface area contributed by atoms with E-state index in [1.165, 1.54) is 6.07 Å². The highest BCUT2D eigenvalue weighted by molar-refractivity contribution is 6.10. The van der Waals surface area contributed by atoms with Gasteiger partial charge in [0.15, 0.2) is 6.61 Å². The summed E-state index contributed by atoms with van der Waals surface area (Å²) in [6.45, 7) is 3.77. The van der Waals surface area contributed by atoms with Crippen molar-refractivity contribution in [1.82, 2.24) is 4.57 Å². The van der Waals surface area contributed by atoms with E-state index in [0.29, 0.717) is 22.6 Å². The van der Waals surface area contributed by atoms with Gasteiger partial charge in [-0.1, -0.05) is 6.92 Å².